The summed E-state index contributed by atoms with van der Waals surface area (Å²) in [4.78, 5) is 6.89. The lowest BCUT2D eigenvalue weighted by molar-refractivity contribution is -0.0466. The van der Waals surface area contributed by atoms with E-state index in [-0.39, 0.29) is 5.60 Å². The molecule has 0 radical (unpaired) electrons. The number of likely N-dealkylation sites (tertiary alicyclic amines) is 1. The fourth-order valence-electron chi connectivity index (χ4n) is 3.46. The van der Waals surface area contributed by atoms with Crippen LogP contribution >= 0.6 is 11.3 Å². The lowest BCUT2D eigenvalue weighted by atomic mass is 9.88. The van der Waals surface area contributed by atoms with Crippen LogP contribution in [0.1, 0.15) is 37.1 Å². The summed E-state index contributed by atoms with van der Waals surface area (Å²) in [6.45, 7) is 5.00. The first-order valence-electron chi connectivity index (χ1n) is 8.18. The molecule has 4 rings (SSSR count). The van der Waals surface area contributed by atoms with Crippen molar-refractivity contribution in [2.45, 2.75) is 50.4 Å². The van der Waals surface area contributed by atoms with E-state index in [0.29, 0.717) is 6.10 Å². The number of thiazole rings is 1. The maximum Gasteiger partial charge on any atom is 0.107 e. The molecule has 1 saturated carbocycles. The van der Waals surface area contributed by atoms with Crippen molar-refractivity contribution < 1.29 is 9.47 Å². The summed E-state index contributed by atoms with van der Waals surface area (Å²) in [5, 5.41) is 3.28. The van der Waals surface area contributed by atoms with Crippen LogP contribution in [0.25, 0.3) is 0 Å². The fraction of sp³-hybridized carbons (Fsp3) is 0.812. The topological polar surface area (TPSA) is 34.6 Å². The minimum atomic E-state index is 0.105. The number of ether oxygens (including phenoxy) is 2. The Morgan fingerprint density at radius 3 is 2.95 bits per heavy atom. The van der Waals surface area contributed by atoms with E-state index in [1.807, 2.05) is 6.20 Å². The van der Waals surface area contributed by atoms with Crippen molar-refractivity contribution >= 4 is 11.3 Å². The van der Waals surface area contributed by atoms with E-state index in [0.717, 1.165) is 58.0 Å². The fourth-order valence-corrected chi connectivity index (χ4v) is 4.11. The Kier molecular flexibility index (Phi) is 4.00. The van der Waals surface area contributed by atoms with Gasteiger partial charge in [-0.15, -0.1) is 11.3 Å². The lowest BCUT2D eigenvalue weighted by Gasteiger charge is -2.38. The Labute approximate surface area is 130 Å². The molecule has 3 fully saturated rings. The van der Waals surface area contributed by atoms with Gasteiger partial charge in [0.2, 0.25) is 0 Å². The number of piperidine rings is 1. The molecule has 1 aromatic rings. The molecule has 0 aromatic carbocycles. The third kappa shape index (κ3) is 3.47. The number of rotatable bonds is 5. The van der Waals surface area contributed by atoms with Gasteiger partial charge in [-0.3, -0.25) is 4.90 Å². The van der Waals surface area contributed by atoms with Crippen LogP contribution in [0.3, 0.4) is 0 Å². The van der Waals surface area contributed by atoms with Crippen molar-refractivity contribution in [2.75, 3.05) is 26.3 Å². The molecule has 21 heavy (non-hydrogen) atoms. The monoisotopic (exact) mass is 308 g/mol. The van der Waals surface area contributed by atoms with E-state index in [9.17, 15) is 0 Å². The highest BCUT2D eigenvalue weighted by molar-refractivity contribution is 7.09. The number of nitrogens with zero attached hydrogens (tertiary/aromatic N) is 2. The summed E-state index contributed by atoms with van der Waals surface area (Å²) in [6, 6.07) is 0. The van der Waals surface area contributed by atoms with Gasteiger partial charge in [0.05, 0.1) is 24.9 Å². The second-order valence-corrected chi connectivity index (χ2v) is 7.78. The third-order valence-corrected chi connectivity index (χ3v) is 5.81. The smallest absolute Gasteiger partial charge is 0.107 e. The Balaban J connectivity index is 1.24. The van der Waals surface area contributed by atoms with Crippen LogP contribution in [-0.4, -0.2) is 47.9 Å². The molecule has 2 aliphatic heterocycles. The van der Waals surface area contributed by atoms with E-state index in [1.165, 1.54) is 17.8 Å². The van der Waals surface area contributed by atoms with Crippen LogP contribution in [0.2, 0.25) is 0 Å². The molecule has 2 saturated heterocycles. The first-order valence-corrected chi connectivity index (χ1v) is 9.06. The molecular weight excluding hydrogens is 284 g/mol. The normalized spacial score (nSPS) is 29.2. The highest BCUT2D eigenvalue weighted by Gasteiger charge is 2.43. The van der Waals surface area contributed by atoms with Gasteiger partial charge >= 0.3 is 0 Å². The maximum atomic E-state index is 6.17. The summed E-state index contributed by atoms with van der Waals surface area (Å²) in [7, 11) is 0. The minimum Gasteiger partial charge on any atom is -0.375 e. The highest BCUT2D eigenvalue weighted by atomic mass is 32.1. The minimum absolute atomic E-state index is 0.105. The predicted octanol–water partition coefficient (Wildman–Crippen LogP) is 2.69. The van der Waals surface area contributed by atoms with Gasteiger partial charge in [0.25, 0.3) is 0 Å². The molecule has 4 nitrogen and oxygen atoms in total. The van der Waals surface area contributed by atoms with Gasteiger partial charge in [0.15, 0.2) is 0 Å². The molecule has 1 spiro atoms. The van der Waals surface area contributed by atoms with Crippen molar-refractivity contribution in [1.29, 1.82) is 0 Å². The zero-order valence-corrected chi connectivity index (χ0v) is 13.3. The van der Waals surface area contributed by atoms with E-state index >= 15 is 0 Å². The van der Waals surface area contributed by atoms with E-state index in [4.69, 9.17) is 9.47 Å². The standard InChI is InChI=1S/C16H24N2O2S/c1-2-13(1)11-19-14-9-16(20-12-14)3-6-18(7-4-16)10-15-17-5-8-21-15/h5,8,13-14H,1-4,6-7,9-12H2. The summed E-state index contributed by atoms with van der Waals surface area (Å²) in [6.07, 6.45) is 8.35. The predicted molar refractivity (Wildman–Crippen MR) is 82.4 cm³/mol. The molecule has 1 aliphatic carbocycles. The Hall–Kier alpha value is -0.490. The van der Waals surface area contributed by atoms with Crippen molar-refractivity contribution in [3.63, 3.8) is 0 Å². The van der Waals surface area contributed by atoms with Crippen LogP contribution in [-0.2, 0) is 16.0 Å². The van der Waals surface area contributed by atoms with Gasteiger partial charge in [0, 0.05) is 37.7 Å². The van der Waals surface area contributed by atoms with Crippen LogP contribution in [0.4, 0.5) is 0 Å². The molecule has 5 heteroatoms. The number of hydrogen-bond acceptors (Lipinski definition) is 5. The average molecular weight is 308 g/mol. The molecule has 0 bridgehead atoms. The molecule has 0 amide bonds. The second-order valence-electron chi connectivity index (χ2n) is 6.80. The lowest BCUT2D eigenvalue weighted by Crippen LogP contribution is -2.43. The highest BCUT2D eigenvalue weighted by Crippen LogP contribution is 2.38. The molecule has 1 atom stereocenters. The second kappa shape index (κ2) is 5.95. The average Bonchev–Trinajstić information content (AvgIpc) is 3.04. The van der Waals surface area contributed by atoms with Gasteiger partial charge in [-0.1, -0.05) is 0 Å². The van der Waals surface area contributed by atoms with Gasteiger partial charge < -0.3 is 9.47 Å². The Bertz CT molecular complexity index is 453. The molecule has 3 heterocycles. The summed E-state index contributed by atoms with van der Waals surface area (Å²) in [5.74, 6) is 0.849. The summed E-state index contributed by atoms with van der Waals surface area (Å²) in [5.41, 5.74) is 0.105. The van der Waals surface area contributed by atoms with E-state index < -0.39 is 0 Å². The van der Waals surface area contributed by atoms with Crippen LogP contribution < -0.4 is 0 Å². The zero-order valence-electron chi connectivity index (χ0n) is 12.5. The van der Waals surface area contributed by atoms with E-state index in [2.05, 4.69) is 15.3 Å². The largest absolute Gasteiger partial charge is 0.375 e. The summed E-state index contributed by atoms with van der Waals surface area (Å²) < 4.78 is 12.2. The first kappa shape index (κ1) is 14.1. The SMILES string of the molecule is c1csc(CN2CCC3(CC2)CC(OCC2CC2)CO3)n1. The first-order chi connectivity index (χ1) is 10.3. The summed E-state index contributed by atoms with van der Waals surface area (Å²) >= 11 is 1.75. The van der Waals surface area contributed by atoms with Crippen LogP contribution in [0.5, 0.6) is 0 Å². The van der Waals surface area contributed by atoms with Gasteiger partial charge in [-0.25, -0.2) is 4.98 Å². The zero-order chi connectivity index (χ0) is 14.1. The molecular formula is C16H24N2O2S. The Morgan fingerprint density at radius 2 is 2.24 bits per heavy atom. The van der Waals surface area contributed by atoms with Gasteiger partial charge in [-0.05, 0) is 31.6 Å². The molecule has 0 N–H and O–H groups in total. The van der Waals surface area contributed by atoms with Crippen LogP contribution in [0, 0.1) is 5.92 Å². The van der Waals surface area contributed by atoms with Gasteiger partial charge in [0.1, 0.15) is 5.01 Å². The van der Waals surface area contributed by atoms with Crippen molar-refractivity contribution in [3.05, 3.63) is 16.6 Å². The van der Waals surface area contributed by atoms with Crippen molar-refractivity contribution in [3.8, 4) is 0 Å². The Morgan fingerprint density at radius 1 is 1.38 bits per heavy atom. The van der Waals surface area contributed by atoms with Crippen molar-refractivity contribution in [2.24, 2.45) is 5.92 Å². The molecule has 1 aromatic heterocycles. The van der Waals surface area contributed by atoms with Crippen molar-refractivity contribution in [1.82, 2.24) is 9.88 Å². The van der Waals surface area contributed by atoms with E-state index in [1.54, 1.807) is 11.3 Å². The number of aromatic nitrogens is 1. The molecule has 1 unspecified atom stereocenters. The van der Waals surface area contributed by atoms with Crippen LogP contribution in [0.15, 0.2) is 11.6 Å². The maximum absolute atomic E-state index is 6.17. The molecule has 3 aliphatic rings. The third-order valence-electron chi connectivity index (χ3n) is 5.05. The number of hydrogen-bond donors (Lipinski definition) is 0. The molecule has 116 valence electrons. The quantitative estimate of drug-likeness (QED) is 0.837. The van der Waals surface area contributed by atoms with Gasteiger partial charge in [-0.2, -0.15) is 0 Å².